The molecule has 1 rings (SSSR count). The molecule has 1 aromatic rings. The molecule has 13 heavy (non-hydrogen) atoms. The van der Waals surface area contributed by atoms with E-state index in [-0.39, 0.29) is 0 Å². The molecule has 0 aliphatic carbocycles. The summed E-state index contributed by atoms with van der Waals surface area (Å²) in [5.74, 6) is 0. The normalized spacial score (nSPS) is 8.62. The molecule has 0 aliphatic rings. The van der Waals surface area contributed by atoms with Crippen LogP contribution in [0.3, 0.4) is 0 Å². The second-order valence-corrected chi connectivity index (χ2v) is 2.87. The maximum absolute atomic E-state index is 5.76. The highest BCUT2D eigenvalue weighted by Crippen LogP contribution is 2.20. The summed E-state index contributed by atoms with van der Waals surface area (Å²) in [4.78, 5) is 0. The highest BCUT2D eigenvalue weighted by Gasteiger charge is 1.97. The van der Waals surface area contributed by atoms with E-state index in [9.17, 15) is 0 Å². The van der Waals surface area contributed by atoms with Crippen LogP contribution >= 0.6 is 0 Å². The molecule has 72 valence electrons. The number of aryl methyl sites for hydroxylation is 1. The molecule has 1 heteroatoms. The Hall–Kier alpha value is -1.24. The van der Waals surface area contributed by atoms with Gasteiger partial charge in [0, 0.05) is 5.69 Å². The Balaban J connectivity index is 0.000000671. The smallest absolute Gasteiger partial charge is 0.0392 e. The lowest BCUT2D eigenvalue weighted by Crippen LogP contribution is -1.91. The van der Waals surface area contributed by atoms with Crippen LogP contribution in [0.2, 0.25) is 0 Å². The average Bonchev–Trinajstić information content (AvgIpc) is 2.07. The van der Waals surface area contributed by atoms with Gasteiger partial charge in [0.25, 0.3) is 0 Å². The van der Waals surface area contributed by atoms with E-state index in [1.165, 1.54) is 5.56 Å². The maximum Gasteiger partial charge on any atom is 0.0392 e. The van der Waals surface area contributed by atoms with Gasteiger partial charge in [0.1, 0.15) is 0 Å². The molecule has 0 aliphatic heterocycles. The van der Waals surface area contributed by atoms with Crippen LogP contribution in [-0.4, -0.2) is 0 Å². The van der Waals surface area contributed by atoms with Crippen LogP contribution in [0.5, 0.6) is 0 Å². The van der Waals surface area contributed by atoms with Crippen LogP contribution in [-0.2, 0) is 0 Å². The molecule has 1 nitrogen and oxygen atoms in total. The van der Waals surface area contributed by atoms with Crippen molar-refractivity contribution >= 4 is 11.3 Å². The van der Waals surface area contributed by atoms with Gasteiger partial charge < -0.3 is 5.73 Å². The molecule has 0 saturated heterocycles. The first-order chi connectivity index (χ1) is 6.11. The lowest BCUT2D eigenvalue weighted by Gasteiger charge is -2.04. The molecule has 0 amide bonds. The number of nitrogen functional groups attached to an aromatic ring is 1. The van der Waals surface area contributed by atoms with Crippen LogP contribution in [0.1, 0.15) is 31.9 Å². The van der Waals surface area contributed by atoms with E-state index < -0.39 is 0 Å². The Bertz CT molecular complexity index is 287. The van der Waals surface area contributed by atoms with Crippen molar-refractivity contribution in [3.05, 3.63) is 35.9 Å². The van der Waals surface area contributed by atoms with E-state index in [1.807, 2.05) is 45.9 Å². The van der Waals surface area contributed by atoms with E-state index in [0.29, 0.717) is 0 Å². The number of hydrogen-bond acceptors (Lipinski definition) is 1. The fraction of sp³-hybridized carbons (Fsp3) is 0.333. The molecule has 2 N–H and O–H groups in total. The largest absolute Gasteiger partial charge is 0.398 e. The number of anilines is 1. The first-order valence-electron chi connectivity index (χ1n) is 4.63. The Labute approximate surface area is 81.3 Å². The van der Waals surface area contributed by atoms with Crippen molar-refractivity contribution in [1.29, 1.82) is 0 Å². The number of allylic oxidation sites excluding steroid dienone is 1. The maximum atomic E-state index is 5.76. The summed E-state index contributed by atoms with van der Waals surface area (Å²) in [5.41, 5.74) is 9.83. The standard InChI is InChI=1S/C10H13N.C2H6/c1-7(2)9-5-4-8(3)6-10(9)11;1-2/h4-6H,1,11H2,2-3H3;1-2H3. The third kappa shape index (κ3) is 3.32. The second kappa shape index (κ2) is 5.41. The Kier molecular flexibility index (Phi) is 4.90. The summed E-state index contributed by atoms with van der Waals surface area (Å²) < 4.78 is 0. The molecule has 0 aromatic heterocycles. The van der Waals surface area contributed by atoms with Gasteiger partial charge in [0.15, 0.2) is 0 Å². The first-order valence-corrected chi connectivity index (χ1v) is 4.63. The zero-order valence-electron chi connectivity index (χ0n) is 9.02. The van der Waals surface area contributed by atoms with Gasteiger partial charge in [0.05, 0.1) is 0 Å². The summed E-state index contributed by atoms with van der Waals surface area (Å²) in [6.45, 7) is 11.8. The third-order valence-electron chi connectivity index (χ3n) is 1.67. The van der Waals surface area contributed by atoms with E-state index in [1.54, 1.807) is 0 Å². The molecule has 0 unspecified atom stereocenters. The molecular weight excluding hydrogens is 158 g/mol. The SMILES string of the molecule is C=C(C)c1ccc(C)cc1N.CC. The molecule has 0 spiro atoms. The van der Waals surface area contributed by atoms with Crippen LogP contribution in [0.4, 0.5) is 5.69 Å². The fourth-order valence-corrected chi connectivity index (χ4v) is 1.07. The monoisotopic (exact) mass is 177 g/mol. The zero-order chi connectivity index (χ0) is 10.4. The molecule has 0 radical (unpaired) electrons. The van der Waals surface area contributed by atoms with E-state index in [4.69, 9.17) is 5.73 Å². The quantitative estimate of drug-likeness (QED) is 0.651. The fourth-order valence-electron chi connectivity index (χ4n) is 1.07. The molecule has 0 heterocycles. The van der Waals surface area contributed by atoms with Crippen molar-refractivity contribution in [3.63, 3.8) is 0 Å². The topological polar surface area (TPSA) is 26.0 Å². The van der Waals surface area contributed by atoms with Gasteiger partial charge in [-0.25, -0.2) is 0 Å². The second-order valence-electron chi connectivity index (χ2n) is 2.87. The van der Waals surface area contributed by atoms with Crippen molar-refractivity contribution in [2.45, 2.75) is 27.7 Å². The van der Waals surface area contributed by atoms with E-state index in [0.717, 1.165) is 16.8 Å². The van der Waals surface area contributed by atoms with Crippen molar-refractivity contribution in [2.75, 3.05) is 5.73 Å². The van der Waals surface area contributed by atoms with E-state index in [2.05, 4.69) is 6.58 Å². The van der Waals surface area contributed by atoms with E-state index >= 15 is 0 Å². The number of benzene rings is 1. The lowest BCUT2D eigenvalue weighted by atomic mass is 10.1. The Morgan fingerprint density at radius 3 is 2.23 bits per heavy atom. The van der Waals surface area contributed by atoms with Gasteiger partial charge in [-0.1, -0.05) is 32.6 Å². The van der Waals surface area contributed by atoms with Crippen LogP contribution < -0.4 is 5.73 Å². The molecule has 1 aromatic carbocycles. The number of rotatable bonds is 1. The van der Waals surface area contributed by atoms with Gasteiger partial charge in [-0.2, -0.15) is 0 Å². The van der Waals surface area contributed by atoms with Crippen molar-refractivity contribution in [2.24, 2.45) is 0 Å². The third-order valence-corrected chi connectivity index (χ3v) is 1.67. The molecule has 0 atom stereocenters. The van der Waals surface area contributed by atoms with Gasteiger partial charge in [-0.3, -0.25) is 0 Å². The first kappa shape index (κ1) is 11.8. The zero-order valence-corrected chi connectivity index (χ0v) is 9.02. The summed E-state index contributed by atoms with van der Waals surface area (Å²) in [6.07, 6.45) is 0. The van der Waals surface area contributed by atoms with Crippen LogP contribution in [0.25, 0.3) is 5.57 Å². The van der Waals surface area contributed by atoms with Gasteiger partial charge >= 0.3 is 0 Å². The van der Waals surface area contributed by atoms with Crippen LogP contribution in [0, 0.1) is 6.92 Å². The molecule has 0 bridgehead atoms. The summed E-state index contributed by atoms with van der Waals surface area (Å²) in [7, 11) is 0. The number of nitrogens with two attached hydrogens (primary N) is 1. The summed E-state index contributed by atoms with van der Waals surface area (Å²) in [6, 6.07) is 6.01. The van der Waals surface area contributed by atoms with Crippen molar-refractivity contribution in [3.8, 4) is 0 Å². The highest BCUT2D eigenvalue weighted by molar-refractivity contribution is 5.72. The van der Waals surface area contributed by atoms with Crippen molar-refractivity contribution in [1.82, 2.24) is 0 Å². The van der Waals surface area contributed by atoms with Gasteiger partial charge in [-0.05, 0) is 36.6 Å². The van der Waals surface area contributed by atoms with Crippen LogP contribution in [0.15, 0.2) is 24.8 Å². The van der Waals surface area contributed by atoms with Gasteiger partial charge in [0.2, 0.25) is 0 Å². The molecular formula is C12H19N. The minimum Gasteiger partial charge on any atom is -0.398 e. The minimum absolute atomic E-state index is 0.817. The van der Waals surface area contributed by atoms with Crippen molar-refractivity contribution < 1.29 is 0 Å². The predicted molar refractivity (Wildman–Crippen MR) is 61.6 cm³/mol. The summed E-state index contributed by atoms with van der Waals surface area (Å²) >= 11 is 0. The van der Waals surface area contributed by atoms with Gasteiger partial charge in [-0.15, -0.1) is 0 Å². The Morgan fingerprint density at radius 2 is 1.85 bits per heavy atom. The lowest BCUT2D eigenvalue weighted by molar-refractivity contribution is 1.45. The number of hydrogen-bond donors (Lipinski definition) is 1. The molecule has 0 fully saturated rings. The molecule has 0 saturated carbocycles. The Morgan fingerprint density at radius 1 is 1.31 bits per heavy atom. The predicted octanol–water partition coefficient (Wildman–Crippen LogP) is 3.64. The minimum atomic E-state index is 0.817. The summed E-state index contributed by atoms with van der Waals surface area (Å²) in [5, 5.41) is 0. The average molecular weight is 177 g/mol. The highest BCUT2D eigenvalue weighted by atomic mass is 14.6.